The molecule has 0 amide bonds. The van der Waals surface area contributed by atoms with E-state index in [1.54, 1.807) is 0 Å². The lowest BCUT2D eigenvalue weighted by atomic mass is 9.99. The van der Waals surface area contributed by atoms with Gasteiger partial charge in [-0.2, -0.15) is 13.2 Å². The van der Waals surface area contributed by atoms with Gasteiger partial charge in [0.1, 0.15) is 0 Å². The summed E-state index contributed by atoms with van der Waals surface area (Å²) in [6.07, 6.45) is -2.77. The Bertz CT molecular complexity index is 555. The number of hydrogen-bond donors (Lipinski definition) is 1. The average Bonchev–Trinajstić information content (AvgIpc) is 2.45. The fourth-order valence-corrected chi connectivity index (χ4v) is 2.03. The molecule has 1 N–H and O–H groups in total. The molecule has 1 aromatic heterocycles. The second-order valence-corrected chi connectivity index (χ2v) is 4.50. The lowest BCUT2D eigenvalue weighted by Crippen LogP contribution is -2.13. The highest BCUT2D eigenvalue weighted by atomic mass is 19.4. The van der Waals surface area contributed by atoms with Crippen LogP contribution in [0.1, 0.15) is 29.2 Å². The summed E-state index contributed by atoms with van der Waals surface area (Å²) in [7, 11) is 0. The number of aromatic nitrogens is 1. The summed E-state index contributed by atoms with van der Waals surface area (Å²) in [6.45, 7) is 0. The Morgan fingerprint density at radius 1 is 1.10 bits per heavy atom. The number of nitrogens with zero attached hydrogens (tertiary/aromatic N) is 1. The van der Waals surface area contributed by atoms with Gasteiger partial charge in [-0.3, -0.25) is 4.98 Å². The predicted octanol–water partition coefficient (Wildman–Crippen LogP) is 3.77. The number of pyridine rings is 1. The number of aliphatic hydroxyl groups is 1. The molecule has 0 radical (unpaired) electrons. The van der Waals surface area contributed by atoms with Crippen LogP contribution < -0.4 is 0 Å². The van der Waals surface area contributed by atoms with Crippen molar-refractivity contribution in [3.63, 3.8) is 0 Å². The molecule has 0 fully saturated rings. The van der Waals surface area contributed by atoms with Crippen molar-refractivity contribution in [2.45, 2.75) is 25.1 Å². The number of aryl methyl sites for hydroxylation is 1. The van der Waals surface area contributed by atoms with Crippen LogP contribution in [0.5, 0.6) is 0 Å². The van der Waals surface area contributed by atoms with Crippen LogP contribution in [-0.2, 0) is 12.6 Å². The van der Waals surface area contributed by atoms with E-state index < -0.39 is 17.8 Å². The maximum absolute atomic E-state index is 12.8. The van der Waals surface area contributed by atoms with Crippen molar-refractivity contribution in [3.05, 3.63) is 65.5 Å². The van der Waals surface area contributed by atoms with E-state index in [9.17, 15) is 18.3 Å². The van der Waals surface area contributed by atoms with Crippen LogP contribution in [0.4, 0.5) is 13.2 Å². The highest BCUT2D eigenvalue weighted by molar-refractivity contribution is 5.28. The maximum Gasteiger partial charge on any atom is 0.416 e. The Kier molecular flexibility index (Phi) is 4.39. The summed E-state index contributed by atoms with van der Waals surface area (Å²) in [6, 6.07) is 10.2. The van der Waals surface area contributed by atoms with E-state index in [4.69, 9.17) is 0 Å². The van der Waals surface area contributed by atoms with Crippen LogP contribution >= 0.6 is 0 Å². The van der Waals surface area contributed by atoms with Crippen LogP contribution in [0.2, 0.25) is 0 Å². The SMILES string of the molecule is OC(CCc1ccccc1)c1cnccc1C(F)(F)F. The Labute approximate surface area is 114 Å². The number of alkyl halides is 3. The Balaban J connectivity index is 2.12. The van der Waals surface area contributed by atoms with E-state index in [0.717, 1.165) is 24.0 Å². The molecule has 106 valence electrons. The zero-order chi connectivity index (χ0) is 14.6. The smallest absolute Gasteiger partial charge is 0.388 e. The van der Waals surface area contributed by atoms with Crippen molar-refractivity contribution < 1.29 is 18.3 Å². The van der Waals surface area contributed by atoms with Gasteiger partial charge in [-0.15, -0.1) is 0 Å². The monoisotopic (exact) mass is 281 g/mol. The molecule has 2 rings (SSSR count). The van der Waals surface area contributed by atoms with Gasteiger partial charge in [0.05, 0.1) is 11.7 Å². The van der Waals surface area contributed by atoms with E-state index in [0.29, 0.717) is 6.42 Å². The molecular weight excluding hydrogens is 267 g/mol. The lowest BCUT2D eigenvalue weighted by molar-refractivity contribution is -0.139. The number of aliphatic hydroxyl groups excluding tert-OH is 1. The maximum atomic E-state index is 12.8. The molecular formula is C15H14F3NO. The van der Waals surface area contributed by atoms with Crippen molar-refractivity contribution in [2.75, 3.05) is 0 Å². The van der Waals surface area contributed by atoms with Crippen molar-refractivity contribution in [2.24, 2.45) is 0 Å². The Morgan fingerprint density at radius 2 is 1.80 bits per heavy atom. The first-order valence-corrected chi connectivity index (χ1v) is 6.21. The van der Waals surface area contributed by atoms with Crippen LogP contribution in [0.15, 0.2) is 48.8 Å². The summed E-state index contributed by atoms with van der Waals surface area (Å²) < 4.78 is 38.5. The van der Waals surface area contributed by atoms with E-state index in [1.165, 1.54) is 0 Å². The number of rotatable bonds is 4. The van der Waals surface area contributed by atoms with Crippen molar-refractivity contribution in [1.29, 1.82) is 0 Å². The Morgan fingerprint density at radius 3 is 2.45 bits per heavy atom. The van der Waals surface area contributed by atoms with Gasteiger partial charge in [0, 0.05) is 18.0 Å². The van der Waals surface area contributed by atoms with Gasteiger partial charge in [0.2, 0.25) is 0 Å². The van der Waals surface area contributed by atoms with Crippen LogP contribution in [0, 0.1) is 0 Å². The quantitative estimate of drug-likeness (QED) is 0.925. The van der Waals surface area contributed by atoms with Gasteiger partial charge in [-0.05, 0) is 24.5 Å². The van der Waals surface area contributed by atoms with Crippen molar-refractivity contribution in [1.82, 2.24) is 4.98 Å². The molecule has 0 aliphatic carbocycles. The van der Waals surface area contributed by atoms with E-state index in [-0.39, 0.29) is 12.0 Å². The summed E-state index contributed by atoms with van der Waals surface area (Å²) >= 11 is 0. The summed E-state index contributed by atoms with van der Waals surface area (Å²) in [4.78, 5) is 3.67. The van der Waals surface area contributed by atoms with Gasteiger partial charge in [-0.25, -0.2) is 0 Å². The van der Waals surface area contributed by atoms with E-state index >= 15 is 0 Å². The first-order valence-electron chi connectivity index (χ1n) is 6.21. The molecule has 1 unspecified atom stereocenters. The number of hydrogen-bond acceptors (Lipinski definition) is 2. The topological polar surface area (TPSA) is 33.1 Å². The second-order valence-electron chi connectivity index (χ2n) is 4.50. The fourth-order valence-electron chi connectivity index (χ4n) is 2.03. The van der Waals surface area contributed by atoms with Crippen molar-refractivity contribution >= 4 is 0 Å². The minimum Gasteiger partial charge on any atom is -0.388 e. The highest BCUT2D eigenvalue weighted by Crippen LogP contribution is 2.35. The third-order valence-corrected chi connectivity index (χ3v) is 3.07. The zero-order valence-corrected chi connectivity index (χ0v) is 10.6. The molecule has 20 heavy (non-hydrogen) atoms. The molecule has 0 aliphatic heterocycles. The number of halogens is 3. The normalized spacial score (nSPS) is 13.2. The zero-order valence-electron chi connectivity index (χ0n) is 10.6. The largest absolute Gasteiger partial charge is 0.416 e. The molecule has 2 nitrogen and oxygen atoms in total. The molecule has 0 bridgehead atoms. The standard InChI is InChI=1S/C15H14F3NO/c16-15(17,18)13-8-9-19-10-12(13)14(20)7-6-11-4-2-1-3-5-11/h1-5,8-10,14,20H,6-7H2. The highest BCUT2D eigenvalue weighted by Gasteiger charge is 2.34. The summed E-state index contributed by atoms with van der Waals surface area (Å²) in [5, 5.41) is 9.99. The van der Waals surface area contributed by atoms with E-state index in [2.05, 4.69) is 4.98 Å². The van der Waals surface area contributed by atoms with Gasteiger partial charge in [0.15, 0.2) is 0 Å². The molecule has 0 spiro atoms. The molecule has 0 saturated heterocycles. The Hall–Kier alpha value is -1.88. The molecule has 2 aromatic rings. The predicted molar refractivity (Wildman–Crippen MR) is 69.0 cm³/mol. The minimum absolute atomic E-state index is 0.170. The third-order valence-electron chi connectivity index (χ3n) is 3.07. The molecule has 5 heteroatoms. The first-order chi connectivity index (χ1) is 9.48. The van der Waals surface area contributed by atoms with Gasteiger partial charge >= 0.3 is 6.18 Å². The summed E-state index contributed by atoms with van der Waals surface area (Å²) in [5.74, 6) is 0. The third kappa shape index (κ3) is 3.57. The van der Waals surface area contributed by atoms with Crippen LogP contribution in [0.3, 0.4) is 0 Å². The van der Waals surface area contributed by atoms with Gasteiger partial charge in [-0.1, -0.05) is 30.3 Å². The first kappa shape index (κ1) is 14.5. The number of benzene rings is 1. The molecule has 0 aliphatic rings. The average molecular weight is 281 g/mol. The second kappa shape index (κ2) is 6.05. The lowest BCUT2D eigenvalue weighted by Gasteiger charge is -2.16. The van der Waals surface area contributed by atoms with Gasteiger partial charge < -0.3 is 5.11 Å². The molecule has 1 heterocycles. The summed E-state index contributed by atoms with van der Waals surface area (Å²) in [5.41, 5.74) is -0.0204. The van der Waals surface area contributed by atoms with E-state index in [1.807, 2.05) is 30.3 Å². The van der Waals surface area contributed by atoms with Crippen molar-refractivity contribution in [3.8, 4) is 0 Å². The molecule has 1 atom stereocenters. The van der Waals surface area contributed by atoms with Crippen LogP contribution in [0.25, 0.3) is 0 Å². The van der Waals surface area contributed by atoms with Gasteiger partial charge in [0.25, 0.3) is 0 Å². The fraction of sp³-hybridized carbons (Fsp3) is 0.267. The molecule has 1 aromatic carbocycles. The molecule has 0 saturated carbocycles. The minimum atomic E-state index is -4.48. The van der Waals surface area contributed by atoms with Crippen LogP contribution in [-0.4, -0.2) is 10.1 Å².